The van der Waals surface area contributed by atoms with Gasteiger partial charge in [-0.2, -0.15) is 0 Å². The second-order valence-electron chi connectivity index (χ2n) is 4.91. The number of fused-ring (bicyclic) bond motifs is 1. The molecule has 2 aromatic rings. The largest absolute Gasteiger partial charge is 0.0843 e. The van der Waals surface area contributed by atoms with Gasteiger partial charge in [-0.15, -0.1) is 0 Å². The quantitative estimate of drug-likeness (QED) is 0.536. The summed E-state index contributed by atoms with van der Waals surface area (Å²) in [5.41, 5.74) is 5.47. The number of aryl methyl sites for hydroxylation is 2. The minimum atomic E-state index is 0.173. The Bertz CT molecular complexity index is 622. The molecule has 0 heterocycles. The Kier molecular flexibility index (Phi) is 4.02. The molecule has 0 amide bonds. The van der Waals surface area contributed by atoms with Crippen LogP contribution in [0, 0.1) is 0 Å². The molecule has 19 heavy (non-hydrogen) atoms. The van der Waals surface area contributed by atoms with Gasteiger partial charge in [0.1, 0.15) is 0 Å². The highest BCUT2D eigenvalue weighted by atomic mass is 79.9. The highest BCUT2D eigenvalue weighted by Gasteiger charge is 2.17. The van der Waals surface area contributed by atoms with Crippen LogP contribution in [0.3, 0.4) is 0 Å². The van der Waals surface area contributed by atoms with Crippen LogP contribution in [0.15, 0.2) is 40.9 Å². The van der Waals surface area contributed by atoms with Crippen LogP contribution in [0.4, 0.5) is 0 Å². The molecule has 2 aromatic carbocycles. The molecule has 1 aliphatic carbocycles. The van der Waals surface area contributed by atoms with E-state index >= 15 is 0 Å². The van der Waals surface area contributed by atoms with E-state index in [2.05, 4.69) is 50.1 Å². The molecule has 3 heteroatoms. The van der Waals surface area contributed by atoms with Crippen LogP contribution in [0.5, 0.6) is 0 Å². The number of halogens is 3. The first-order valence-electron chi connectivity index (χ1n) is 6.36. The SMILES string of the molecule is Clc1ccc(Br)c(C(Br)c2ccc3c(c2)CCC3)c1. The van der Waals surface area contributed by atoms with Gasteiger partial charge in [0.25, 0.3) is 0 Å². The van der Waals surface area contributed by atoms with Crippen molar-refractivity contribution in [3.63, 3.8) is 0 Å². The molecular weight excluding hydrogens is 387 g/mol. The lowest BCUT2D eigenvalue weighted by Gasteiger charge is -2.14. The summed E-state index contributed by atoms with van der Waals surface area (Å²) in [6.45, 7) is 0. The van der Waals surface area contributed by atoms with Crippen LogP contribution in [0.2, 0.25) is 5.02 Å². The summed E-state index contributed by atoms with van der Waals surface area (Å²) >= 11 is 13.5. The molecule has 0 aliphatic heterocycles. The van der Waals surface area contributed by atoms with Gasteiger partial charge in [-0.25, -0.2) is 0 Å². The van der Waals surface area contributed by atoms with Crippen LogP contribution in [-0.4, -0.2) is 0 Å². The fourth-order valence-electron chi connectivity index (χ4n) is 2.64. The molecule has 0 bridgehead atoms. The molecule has 0 aromatic heterocycles. The molecule has 0 N–H and O–H groups in total. The average Bonchev–Trinajstić information content (AvgIpc) is 2.88. The molecule has 1 unspecified atom stereocenters. The Labute approximate surface area is 135 Å². The van der Waals surface area contributed by atoms with E-state index < -0.39 is 0 Å². The van der Waals surface area contributed by atoms with Crippen LogP contribution in [0.25, 0.3) is 0 Å². The summed E-state index contributed by atoms with van der Waals surface area (Å²) in [6.07, 6.45) is 3.72. The summed E-state index contributed by atoms with van der Waals surface area (Å²) in [5, 5.41) is 0.767. The smallest absolute Gasteiger partial charge is 0.0656 e. The zero-order chi connectivity index (χ0) is 13.4. The predicted octanol–water partition coefficient (Wildman–Crippen LogP) is 6.08. The summed E-state index contributed by atoms with van der Waals surface area (Å²) in [7, 11) is 0. The first kappa shape index (κ1) is 13.7. The van der Waals surface area contributed by atoms with Gasteiger partial charge in [-0.3, -0.25) is 0 Å². The number of rotatable bonds is 2. The summed E-state index contributed by atoms with van der Waals surface area (Å²) in [4.78, 5) is 0.173. The molecule has 1 atom stereocenters. The molecular formula is C16H13Br2Cl. The van der Waals surface area contributed by atoms with E-state index in [0.717, 1.165) is 9.50 Å². The third-order valence-corrected chi connectivity index (χ3v) is 5.63. The highest BCUT2D eigenvalue weighted by molar-refractivity contribution is 9.11. The molecule has 0 spiro atoms. The minimum Gasteiger partial charge on any atom is -0.0843 e. The van der Waals surface area contributed by atoms with E-state index in [4.69, 9.17) is 11.6 Å². The maximum Gasteiger partial charge on any atom is 0.0656 e. The van der Waals surface area contributed by atoms with E-state index in [0.29, 0.717) is 0 Å². The fourth-order valence-corrected chi connectivity index (χ4v) is 4.26. The van der Waals surface area contributed by atoms with Crippen molar-refractivity contribution in [2.75, 3.05) is 0 Å². The van der Waals surface area contributed by atoms with Gasteiger partial charge in [0.05, 0.1) is 4.83 Å². The summed E-state index contributed by atoms with van der Waals surface area (Å²) < 4.78 is 1.08. The van der Waals surface area contributed by atoms with Crippen molar-refractivity contribution in [3.05, 3.63) is 68.1 Å². The normalized spacial score (nSPS) is 15.3. The van der Waals surface area contributed by atoms with Gasteiger partial charge in [-0.1, -0.05) is 61.7 Å². The van der Waals surface area contributed by atoms with E-state index in [-0.39, 0.29) is 4.83 Å². The molecule has 0 radical (unpaired) electrons. The zero-order valence-corrected chi connectivity index (χ0v) is 14.2. The van der Waals surface area contributed by atoms with Crippen molar-refractivity contribution >= 4 is 43.5 Å². The lowest BCUT2D eigenvalue weighted by Crippen LogP contribution is -1.96. The van der Waals surface area contributed by atoms with E-state index in [1.807, 2.05) is 18.2 Å². The van der Waals surface area contributed by atoms with Crippen LogP contribution in [0.1, 0.15) is 33.5 Å². The third kappa shape index (κ3) is 2.76. The summed E-state index contributed by atoms with van der Waals surface area (Å²) in [6, 6.07) is 12.7. The lowest BCUT2D eigenvalue weighted by molar-refractivity contribution is 0.911. The first-order chi connectivity index (χ1) is 9.15. The summed E-state index contributed by atoms with van der Waals surface area (Å²) in [5.74, 6) is 0. The standard InChI is InChI=1S/C16H13Br2Cl/c17-15-7-6-13(19)9-14(15)16(18)12-5-4-10-2-1-3-11(10)8-12/h4-9,16H,1-3H2. The Balaban J connectivity index is 1.99. The Morgan fingerprint density at radius 3 is 2.63 bits per heavy atom. The zero-order valence-electron chi connectivity index (χ0n) is 10.3. The second kappa shape index (κ2) is 5.59. The van der Waals surface area contributed by atoms with Gasteiger partial charge >= 0.3 is 0 Å². The van der Waals surface area contributed by atoms with Gasteiger partial charge in [-0.05, 0) is 59.7 Å². The third-order valence-electron chi connectivity index (χ3n) is 3.65. The minimum absolute atomic E-state index is 0.173. The maximum absolute atomic E-state index is 6.10. The van der Waals surface area contributed by atoms with Crippen molar-refractivity contribution in [2.45, 2.75) is 24.1 Å². The maximum atomic E-state index is 6.10. The van der Waals surface area contributed by atoms with Gasteiger partial charge < -0.3 is 0 Å². The van der Waals surface area contributed by atoms with Gasteiger partial charge in [0.2, 0.25) is 0 Å². The van der Waals surface area contributed by atoms with Gasteiger partial charge in [0.15, 0.2) is 0 Å². The molecule has 0 fully saturated rings. The fraction of sp³-hybridized carbons (Fsp3) is 0.250. The van der Waals surface area contributed by atoms with Crippen LogP contribution >= 0.6 is 43.5 Å². The van der Waals surface area contributed by atoms with Crippen molar-refractivity contribution in [1.82, 2.24) is 0 Å². The lowest BCUT2D eigenvalue weighted by atomic mass is 10.0. The van der Waals surface area contributed by atoms with E-state index in [1.54, 1.807) is 0 Å². The number of hydrogen-bond acceptors (Lipinski definition) is 0. The van der Waals surface area contributed by atoms with Crippen molar-refractivity contribution < 1.29 is 0 Å². The Morgan fingerprint density at radius 1 is 1.00 bits per heavy atom. The number of alkyl halides is 1. The molecule has 98 valence electrons. The Morgan fingerprint density at radius 2 is 1.79 bits per heavy atom. The van der Waals surface area contributed by atoms with Gasteiger partial charge in [0, 0.05) is 9.50 Å². The number of benzene rings is 2. The molecule has 1 aliphatic rings. The first-order valence-corrected chi connectivity index (χ1v) is 8.44. The van der Waals surface area contributed by atoms with Crippen molar-refractivity contribution in [2.24, 2.45) is 0 Å². The van der Waals surface area contributed by atoms with E-state index in [9.17, 15) is 0 Å². The average molecular weight is 401 g/mol. The second-order valence-corrected chi connectivity index (χ2v) is 7.12. The number of hydrogen-bond donors (Lipinski definition) is 0. The molecule has 0 saturated carbocycles. The molecule has 0 saturated heterocycles. The topological polar surface area (TPSA) is 0 Å². The van der Waals surface area contributed by atoms with Crippen LogP contribution < -0.4 is 0 Å². The molecule has 3 rings (SSSR count). The van der Waals surface area contributed by atoms with Crippen molar-refractivity contribution in [1.29, 1.82) is 0 Å². The molecule has 0 nitrogen and oxygen atoms in total. The van der Waals surface area contributed by atoms with Crippen LogP contribution in [-0.2, 0) is 12.8 Å². The van der Waals surface area contributed by atoms with Crippen molar-refractivity contribution in [3.8, 4) is 0 Å². The highest BCUT2D eigenvalue weighted by Crippen LogP contribution is 2.38. The monoisotopic (exact) mass is 398 g/mol. The van der Waals surface area contributed by atoms with E-state index in [1.165, 1.54) is 41.5 Å². The predicted molar refractivity (Wildman–Crippen MR) is 88.4 cm³/mol. The Hall–Kier alpha value is -0.310.